The van der Waals surface area contributed by atoms with E-state index in [0.29, 0.717) is 12.3 Å². The van der Waals surface area contributed by atoms with E-state index in [2.05, 4.69) is 21.5 Å². The number of ether oxygens (including phenoxy) is 1. The molecule has 3 heterocycles. The summed E-state index contributed by atoms with van der Waals surface area (Å²) in [4.78, 5) is 16.7. The highest BCUT2D eigenvalue weighted by molar-refractivity contribution is 5.79. The van der Waals surface area contributed by atoms with E-state index in [1.807, 2.05) is 44.2 Å². The second kappa shape index (κ2) is 7.23. The quantitative estimate of drug-likeness (QED) is 0.754. The first-order valence-corrected chi connectivity index (χ1v) is 9.00. The number of hydrogen-bond acceptors (Lipinski definition) is 5. The minimum Gasteiger partial charge on any atom is -0.487 e. The van der Waals surface area contributed by atoms with Crippen molar-refractivity contribution in [2.24, 2.45) is 0 Å². The van der Waals surface area contributed by atoms with Crippen LogP contribution in [0.3, 0.4) is 0 Å². The third-order valence-electron chi connectivity index (χ3n) is 4.81. The number of aryl methyl sites for hydroxylation is 2. The van der Waals surface area contributed by atoms with Crippen LogP contribution in [0.15, 0.2) is 47.1 Å². The van der Waals surface area contributed by atoms with Crippen LogP contribution in [-0.2, 0) is 17.6 Å². The molecule has 3 aromatic rings. The Morgan fingerprint density at radius 2 is 2.11 bits per heavy atom. The van der Waals surface area contributed by atoms with Crippen LogP contribution in [0.5, 0.6) is 5.75 Å². The van der Waals surface area contributed by atoms with Gasteiger partial charge in [0.05, 0.1) is 24.4 Å². The Balaban J connectivity index is 1.40. The second-order valence-electron chi connectivity index (χ2n) is 6.74. The van der Waals surface area contributed by atoms with Crippen molar-refractivity contribution >= 4 is 5.91 Å². The molecule has 2 aromatic heterocycles. The summed E-state index contributed by atoms with van der Waals surface area (Å²) < 4.78 is 11.3. The summed E-state index contributed by atoms with van der Waals surface area (Å²) in [5, 5.41) is 6.85. The van der Waals surface area contributed by atoms with Crippen molar-refractivity contribution in [2.75, 3.05) is 6.54 Å². The average molecular weight is 363 g/mol. The fourth-order valence-electron chi connectivity index (χ4n) is 3.38. The highest BCUT2D eigenvalue weighted by Gasteiger charge is 2.26. The van der Waals surface area contributed by atoms with Gasteiger partial charge in [-0.25, -0.2) is 0 Å². The van der Waals surface area contributed by atoms with Gasteiger partial charge in [-0.2, -0.15) is 0 Å². The third-order valence-corrected chi connectivity index (χ3v) is 4.81. The number of hydrogen-bond donors (Lipinski definition) is 1. The number of nitrogens with zero attached hydrogens (tertiary/aromatic N) is 2. The minimum atomic E-state index is -0.0847. The van der Waals surface area contributed by atoms with Gasteiger partial charge in [0.2, 0.25) is 5.91 Å². The largest absolute Gasteiger partial charge is 0.487 e. The minimum absolute atomic E-state index is 0.0612. The van der Waals surface area contributed by atoms with Crippen LogP contribution in [0.4, 0.5) is 0 Å². The molecule has 138 valence electrons. The summed E-state index contributed by atoms with van der Waals surface area (Å²) in [6, 6.07) is 11.9. The van der Waals surface area contributed by atoms with Gasteiger partial charge in [-0.1, -0.05) is 23.4 Å². The van der Waals surface area contributed by atoms with Gasteiger partial charge in [0.25, 0.3) is 0 Å². The van der Waals surface area contributed by atoms with Crippen molar-refractivity contribution in [1.82, 2.24) is 15.5 Å². The van der Waals surface area contributed by atoms with Gasteiger partial charge in [0.1, 0.15) is 17.6 Å². The summed E-state index contributed by atoms with van der Waals surface area (Å²) >= 11 is 0. The lowest BCUT2D eigenvalue weighted by molar-refractivity contribution is -0.120. The Morgan fingerprint density at radius 1 is 1.22 bits per heavy atom. The molecule has 0 saturated heterocycles. The molecular formula is C21H21N3O3. The molecule has 0 spiro atoms. The van der Waals surface area contributed by atoms with Gasteiger partial charge in [0, 0.05) is 23.7 Å². The number of amides is 1. The highest BCUT2D eigenvalue weighted by Crippen LogP contribution is 2.37. The molecule has 1 N–H and O–H groups in total. The van der Waals surface area contributed by atoms with Gasteiger partial charge in [-0.05, 0) is 37.6 Å². The number of carbonyl (C=O) groups is 1. The molecule has 0 bridgehead atoms. The van der Waals surface area contributed by atoms with Crippen molar-refractivity contribution < 1.29 is 14.1 Å². The van der Waals surface area contributed by atoms with Crippen LogP contribution in [-0.4, -0.2) is 28.7 Å². The molecule has 27 heavy (non-hydrogen) atoms. The van der Waals surface area contributed by atoms with Gasteiger partial charge < -0.3 is 14.6 Å². The number of pyridine rings is 1. The highest BCUT2D eigenvalue weighted by atomic mass is 16.5. The summed E-state index contributed by atoms with van der Waals surface area (Å²) in [5.41, 5.74) is 4.62. The number of benzene rings is 1. The standard InChI is InChI=1S/C21H21N3O3/c1-13-18(14(2)27-24-13)11-20(25)23-12-16-10-15-6-5-7-17(21(15)26-16)19-8-3-4-9-22-19/h3-9,16H,10-12H2,1-2H3,(H,23,25)/t16-/m0/s1. The number of fused-ring (bicyclic) bond motifs is 1. The van der Waals surface area contributed by atoms with E-state index in [0.717, 1.165) is 40.2 Å². The fraction of sp³-hybridized carbons (Fsp3) is 0.286. The molecular weight excluding hydrogens is 342 g/mol. The lowest BCUT2D eigenvalue weighted by Gasteiger charge is -2.13. The molecule has 0 fully saturated rings. The van der Waals surface area contributed by atoms with Crippen LogP contribution in [0.1, 0.15) is 22.6 Å². The molecule has 1 atom stereocenters. The van der Waals surface area contributed by atoms with Crippen LogP contribution >= 0.6 is 0 Å². The van der Waals surface area contributed by atoms with Gasteiger partial charge in [-0.3, -0.25) is 9.78 Å². The number of para-hydroxylation sites is 1. The average Bonchev–Trinajstić information content (AvgIpc) is 3.25. The van der Waals surface area contributed by atoms with E-state index in [4.69, 9.17) is 9.26 Å². The zero-order valence-electron chi connectivity index (χ0n) is 15.4. The summed E-state index contributed by atoms with van der Waals surface area (Å²) in [6.45, 7) is 4.12. The van der Waals surface area contributed by atoms with Crippen LogP contribution in [0.2, 0.25) is 0 Å². The molecule has 1 aromatic carbocycles. The monoisotopic (exact) mass is 363 g/mol. The lowest BCUT2D eigenvalue weighted by atomic mass is 10.0. The Labute approximate surface area is 157 Å². The topological polar surface area (TPSA) is 77.3 Å². The van der Waals surface area contributed by atoms with Gasteiger partial charge in [-0.15, -0.1) is 0 Å². The van der Waals surface area contributed by atoms with E-state index in [1.54, 1.807) is 6.20 Å². The first-order valence-electron chi connectivity index (χ1n) is 9.00. The zero-order valence-corrected chi connectivity index (χ0v) is 15.4. The maximum absolute atomic E-state index is 12.3. The van der Waals surface area contributed by atoms with E-state index >= 15 is 0 Å². The summed E-state index contributed by atoms with van der Waals surface area (Å²) in [6.07, 6.45) is 2.72. The van der Waals surface area contributed by atoms with Gasteiger partial charge >= 0.3 is 0 Å². The SMILES string of the molecule is Cc1noc(C)c1CC(=O)NC[C@@H]1Cc2cccc(-c3ccccn3)c2O1. The Bertz CT molecular complexity index is 947. The van der Waals surface area contributed by atoms with Crippen LogP contribution in [0, 0.1) is 13.8 Å². The maximum Gasteiger partial charge on any atom is 0.224 e. The van der Waals surface area contributed by atoms with E-state index in [-0.39, 0.29) is 18.4 Å². The normalized spacial score (nSPS) is 15.3. The molecule has 6 heteroatoms. The fourth-order valence-corrected chi connectivity index (χ4v) is 3.38. The molecule has 4 rings (SSSR count). The van der Waals surface area contributed by atoms with Crippen LogP contribution < -0.4 is 10.1 Å². The number of rotatable bonds is 5. The molecule has 1 aliphatic rings. The van der Waals surface area contributed by atoms with Crippen molar-refractivity contribution in [3.8, 4) is 17.0 Å². The molecule has 1 amide bonds. The van der Waals surface area contributed by atoms with Crippen molar-refractivity contribution in [1.29, 1.82) is 0 Å². The van der Waals surface area contributed by atoms with Gasteiger partial charge in [0.15, 0.2) is 0 Å². The van der Waals surface area contributed by atoms with E-state index in [1.165, 1.54) is 0 Å². The Morgan fingerprint density at radius 3 is 2.85 bits per heavy atom. The smallest absolute Gasteiger partial charge is 0.224 e. The number of nitrogens with one attached hydrogen (secondary N) is 1. The van der Waals surface area contributed by atoms with Crippen LogP contribution in [0.25, 0.3) is 11.3 Å². The maximum atomic E-state index is 12.3. The first-order chi connectivity index (χ1) is 13.1. The molecule has 0 radical (unpaired) electrons. The molecule has 0 aliphatic carbocycles. The summed E-state index contributed by atoms with van der Waals surface area (Å²) in [5.74, 6) is 1.49. The Kier molecular flexibility index (Phi) is 4.62. The molecule has 1 aliphatic heterocycles. The molecule has 0 unspecified atom stereocenters. The number of aromatic nitrogens is 2. The number of carbonyl (C=O) groups excluding carboxylic acids is 1. The lowest BCUT2D eigenvalue weighted by Crippen LogP contribution is -2.35. The predicted molar refractivity (Wildman–Crippen MR) is 100 cm³/mol. The predicted octanol–water partition coefficient (Wildman–Crippen LogP) is 3.02. The molecule has 0 saturated carbocycles. The second-order valence-corrected chi connectivity index (χ2v) is 6.74. The van der Waals surface area contributed by atoms with E-state index in [9.17, 15) is 4.79 Å². The third kappa shape index (κ3) is 3.56. The van der Waals surface area contributed by atoms with E-state index < -0.39 is 0 Å². The first kappa shape index (κ1) is 17.3. The molecule has 6 nitrogen and oxygen atoms in total. The van der Waals surface area contributed by atoms with Crippen molar-refractivity contribution in [2.45, 2.75) is 32.8 Å². The van der Waals surface area contributed by atoms with Crippen molar-refractivity contribution in [3.63, 3.8) is 0 Å². The zero-order chi connectivity index (χ0) is 18.8. The Hall–Kier alpha value is -3.15. The summed E-state index contributed by atoms with van der Waals surface area (Å²) in [7, 11) is 0. The van der Waals surface area contributed by atoms with Crippen molar-refractivity contribution in [3.05, 3.63) is 65.2 Å².